The Hall–Kier alpha value is -2.52. The van der Waals surface area contributed by atoms with Gasteiger partial charge >= 0.3 is 12.1 Å². The van der Waals surface area contributed by atoms with Crippen LogP contribution in [0, 0.1) is 17.8 Å². The molecule has 3 rings (SSSR count). The number of nitrogens with zero attached hydrogens (tertiary/aromatic N) is 5. The lowest BCUT2D eigenvalue weighted by Gasteiger charge is -2.46. The van der Waals surface area contributed by atoms with Crippen molar-refractivity contribution in [2.45, 2.75) is 148 Å². The summed E-state index contributed by atoms with van der Waals surface area (Å²) in [6.45, 7) is 15.9. The van der Waals surface area contributed by atoms with Gasteiger partial charge in [-0.1, -0.05) is 25.9 Å². The summed E-state index contributed by atoms with van der Waals surface area (Å²) in [5.41, 5.74) is 6.39. The summed E-state index contributed by atoms with van der Waals surface area (Å²) in [6.07, 6.45) is -1.89. The number of azide groups is 1. The fourth-order valence-corrected chi connectivity index (χ4v) is 8.17. The van der Waals surface area contributed by atoms with E-state index in [9.17, 15) is 19.5 Å². The number of aliphatic hydroxyl groups is 1. The van der Waals surface area contributed by atoms with Crippen molar-refractivity contribution >= 4 is 17.8 Å². The van der Waals surface area contributed by atoms with Crippen LogP contribution >= 0.6 is 0 Å². The van der Waals surface area contributed by atoms with Crippen molar-refractivity contribution in [2.24, 2.45) is 22.9 Å². The minimum Gasteiger partial charge on any atom is -0.458 e. The van der Waals surface area contributed by atoms with Crippen molar-refractivity contribution in [3.63, 3.8) is 0 Å². The highest BCUT2D eigenvalue weighted by Crippen LogP contribution is 2.40. The van der Waals surface area contributed by atoms with Crippen molar-refractivity contribution < 1.29 is 43.2 Å². The van der Waals surface area contributed by atoms with E-state index < -0.39 is 71.5 Å². The molecule has 0 aromatic heterocycles. The normalized spacial score (nSPS) is 40.7. The highest BCUT2D eigenvalue weighted by atomic mass is 16.7. The predicted octanol–water partition coefficient (Wildman–Crippen LogP) is 4.05. The van der Waals surface area contributed by atoms with Crippen LogP contribution in [0.15, 0.2) is 5.11 Å². The first-order chi connectivity index (χ1) is 23.4. The molecule has 0 aliphatic carbocycles. The molecule has 286 valence electrons. The van der Waals surface area contributed by atoms with Gasteiger partial charge in [0.1, 0.15) is 18.1 Å². The monoisotopic (exact) mass is 710 g/mol. The van der Waals surface area contributed by atoms with Crippen molar-refractivity contribution in [1.82, 2.24) is 15.1 Å². The standard InChI is InChI=1S/C35H62N6O9/c1-12-26-35(8)29(41(33(45)50-35)16-14-13-15-38-39-36)24(6)37-19-20(2)18-34(7,46-11)30(22(4)27(42)23(5)31(44)48-26)49-32-28(43)25(40(9)10)17-21(3)47-32/h20-26,28-30,32,37,43H,12-19H2,1-11H3/t20-,21-,22-,23-,24-,25?,26-,28-,29-,30-,32+,34-,35-/m1/s1. The van der Waals surface area contributed by atoms with Gasteiger partial charge in [-0.2, -0.15) is 0 Å². The maximum atomic E-state index is 14.2. The number of ketones is 1. The van der Waals surface area contributed by atoms with Crippen LogP contribution in [0.4, 0.5) is 4.79 Å². The molecular formula is C35H62N6O9. The molecule has 15 heteroatoms. The summed E-state index contributed by atoms with van der Waals surface area (Å²) in [6, 6.07) is -1.04. The summed E-state index contributed by atoms with van der Waals surface area (Å²) >= 11 is 0. The Balaban J connectivity index is 2.02. The zero-order valence-corrected chi connectivity index (χ0v) is 32.0. The molecule has 3 fully saturated rings. The molecule has 0 bridgehead atoms. The van der Waals surface area contributed by atoms with E-state index in [1.54, 1.807) is 25.9 Å². The SMILES string of the molecule is CC[C@H]1OC(=O)[C@H](C)C(=O)[C@@H](C)[C@@H](O[C@@H]2O[C@H](C)CC(N(C)C)[C@H]2O)[C@](C)(OC)C[C@@H](C)CN[C@H](C)[C@H]2N(CCCCN=[N+]=[N-])C(=O)O[C@]12C. The highest BCUT2D eigenvalue weighted by molar-refractivity contribution is 6.00. The van der Waals surface area contributed by atoms with E-state index in [0.29, 0.717) is 51.7 Å². The number of fused-ring (bicyclic) bond motifs is 1. The zero-order chi connectivity index (χ0) is 37.6. The zero-order valence-electron chi connectivity index (χ0n) is 32.0. The van der Waals surface area contributed by atoms with Gasteiger partial charge < -0.3 is 39.0 Å². The molecule has 0 spiro atoms. The van der Waals surface area contributed by atoms with Crippen LogP contribution in [0.1, 0.15) is 87.5 Å². The van der Waals surface area contributed by atoms with Crippen LogP contribution in [0.5, 0.6) is 0 Å². The fraction of sp³-hybridized carbons (Fsp3) is 0.914. The van der Waals surface area contributed by atoms with Gasteiger partial charge in [-0.25, -0.2) is 4.79 Å². The van der Waals surface area contributed by atoms with Crippen LogP contribution in [-0.4, -0.2) is 134 Å². The number of esters is 1. The first-order valence-electron chi connectivity index (χ1n) is 18.1. The molecule has 3 saturated heterocycles. The van der Waals surface area contributed by atoms with Crippen LogP contribution in [-0.2, 0) is 33.3 Å². The number of hydrogen-bond donors (Lipinski definition) is 2. The third-order valence-electron chi connectivity index (χ3n) is 11.0. The minimum absolute atomic E-state index is 0.00887. The molecule has 50 heavy (non-hydrogen) atoms. The Kier molecular flexibility index (Phi) is 14.9. The number of carbonyl (C=O) groups is 3. The first kappa shape index (κ1) is 41.9. The number of amides is 1. The Bertz CT molecular complexity index is 1220. The molecule has 2 N–H and O–H groups in total. The number of nitrogens with one attached hydrogen (secondary N) is 1. The van der Waals surface area contributed by atoms with E-state index >= 15 is 0 Å². The molecule has 0 aromatic carbocycles. The van der Waals surface area contributed by atoms with Crippen molar-refractivity contribution in [3.05, 3.63) is 10.4 Å². The van der Waals surface area contributed by atoms with E-state index in [1.807, 2.05) is 46.7 Å². The summed E-state index contributed by atoms with van der Waals surface area (Å²) in [4.78, 5) is 47.9. The molecule has 3 aliphatic rings. The van der Waals surface area contributed by atoms with Crippen LogP contribution in [0.2, 0.25) is 0 Å². The molecule has 0 saturated carbocycles. The van der Waals surface area contributed by atoms with Gasteiger partial charge in [-0.3, -0.25) is 14.5 Å². The molecule has 1 unspecified atom stereocenters. The highest BCUT2D eigenvalue weighted by Gasteiger charge is 2.58. The topological polar surface area (TPSA) is 185 Å². The lowest BCUT2D eigenvalue weighted by atomic mass is 9.78. The van der Waals surface area contributed by atoms with Crippen LogP contribution in [0.3, 0.4) is 0 Å². The number of likely N-dealkylation sites (N-methyl/N-ethyl adjacent to an activating group) is 1. The first-order valence-corrected chi connectivity index (χ1v) is 18.1. The number of aliphatic hydroxyl groups excluding tert-OH is 1. The average molecular weight is 711 g/mol. The van der Waals surface area contributed by atoms with E-state index in [1.165, 1.54) is 6.92 Å². The molecular weight excluding hydrogens is 648 g/mol. The Morgan fingerprint density at radius 1 is 1.14 bits per heavy atom. The summed E-state index contributed by atoms with van der Waals surface area (Å²) in [7, 11) is 5.36. The summed E-state index contributed by atoms with van der Waals surface area (Å²) in [5.74, 6) is -3.17. The lowest BCUT2D eigenvalue weighted by molar-refractivity contribution is -0.295. The smallest absolute Gasteiger partial charge is 0.410 e. The minimum atomic E-state index is -1.22. The third-order valence-corrected chi connectivity index (χ3v) is 11.0. The van der Waals surface area contributed by atoms with Gasteiger partial charge in [0.05, 0.1) is 23.9 Å². The number of unbranched alkanes of at least 4 members (excludes halogenated alkanes) is 1. The van der Waals surface area contributed by atoms with Crippen LogP contribution in [0.25, 0.3) is 10.4 Å². The van der Waals surface area contributed by atoms with Gasteiger partial charge in [0.25, 0.3) is 0 Å². The largest absolute Gasteiger partial charge is 0.458 e. The maximum Gasteiger partial charge on any atom is 0.410 e. The molecule has 0 aromatic rings. The number of Topliss-reactive ketones (excluding diaryl/α,β-unsaturated/α-hetero) is 1. The number of hydrogen-bond acceptors (Lipinski definition) is 12. The van der Waals surface area contributed by atoms with Gasteiger partial charge in [-0.05, 0) is 98.8 Å². The average Bonchev–Trinajstić information content (AvgIpc) is 3.33. The predicted molar refractivity (Wildman–Crippen MR) is 186 cm³/mol. The Labute approximate surface area is 297 Å². The van der Waals surface area contributed by atoms with Crippen molar-refractivity contribution in [1.29, 1.82) is 0 Å². The molecule has 0 radical (unpaired) electrons. The number of cyclic esters (lactones) is 1. The molecule has 3 aliphatic heterocycles. The number of carbonyl (C=O) groups excluding carboxylic acids is 3. The summed E-state index contributed by atoms with van der Waals surface area (Å²) in [5, 5.41) is 18.6. The second-order valence-electron chi connectivity index (χ2n) is 15.3. The lowest BCUT2D eigenvalue weighted by Crippen LogP contribution is -2.61. The van der Waals surface area contributed by atoms with E-state index in [-0.39, 0.29) is 24.1 Å². The molecule has 1 amide bonds. The second-order valence-corrected chi connectivity index (χ2v) is 15.3. The molecule has 15 nitrogen and oxygen atoms in total. The van der Waals surface area contributed by atoms with Gasteiger partial charge in [-0.15, -0.1) is 0 Å². The van der Waals surface area contributed by atoms with Crippen molar-refractivity contribution in [3.8, 4) is 0 Å². The van der Waals surface area contributed by atoms with Gasteiger partial charge in [0.15, 0.2) is 17.7 Å². The summed E-state index contributed by atoms with van der Waals surface area (Å²) < 4.78 is 31.1. The van der Waals surface area contributed by atoms with Gasteiger partial charge in [0.2, 0.25) is 0 Å². The van der Waals surface area contributed by atoms with E-state index in [0.717, 1.165) is 0 Å². The quantitative estimate of drug-likeness (QED) is 0.0832. The molecule has 3 heterocycles. The molecule has 13 atom stereocenters. The van der Waals surface area contributed by atoms with E-state index in [4.69, 9.17) is 29.2 Å². The maximum absolute atomic E-state index is 14.2. The second kappa shape index (κ2) is 17.8. The van der Waals surface area contributed by atoms with Crippen LogP contribution < -0.4 is 5.32 Å². The number of rotatable bonds is 10. The van der Waals surface area contributed by atoms with Crippen molar-refractivity contribution in [2.75, 3.05) is 40.8 Å². The van der Waals surface area contributed by atoms with E-state index in [2.05, 4.69) is 22.3 Å². The number of methoxy groups -OCH3 is 1. The number of ether oxygens (including phenoxy) is 5. The Morgan fingerprint density at radius 2 is 1.82 bits per heavy atom. The van der Waals surface area contributed by atoms with Gasteiger partial charge in [0, 0.05) is 43.1 Å². The Morgan fingerprint density at radius 3 is 2.42 bits per heavy atom. The third kappa shape index (κ3) is 9.28. The fourth-order valence-electron chi connectivity index (χ4n) is 8.17.